The van der Waals surface area contributed by atoms with Crippen LogP contribution in [0, 0.1) is 0 Å². The summed E-state index contributed by atoms with van der Waals surface area (Å²) >= 11 is 3.55. The van der Waals surface area contributed by atoms with Crippen molar-refractivity contribution in [1.82, 2.24) is 4.90 Å². The molecule has 1 rings (SSSR count). The Bertz CT molecular complexity index is 333. The van der Waals surface area contributed by atoms with E-state index in [0.717, 1.165) is 17.6 Å². The lowest BCUT2D eigenvalue weighted by molar-refractivity contribution is 0.376. The Morgan fingerprint density at radius 1 is 1.40 bits per heavy atom. The van der Waals surface area contributed by atoms with Crippen LogP contribution in [0.5, 0.6) is 0 Å². The van der Waals surface area contributed by atoms with Crippen LogP contribution < -0.4 is 0 Å². The summed E-state index contributed by atoms with van der Waals surface area (Å²) in [7, 11) is 2.13. The minimum atomic E-state index is 0.927. The van der Waals surface area contributed by atoms with Crippen molar-refractivity contribution in [3.8, 4) is 0 Å². The Morgan fingerprint density at radius 2 is 2.07 bits per heavy atom. The molecule has 0 radical (unpaired) electrons. The third kappa shape index (κ3) is 3.80. The van der Waals surface area contributed by atoms with Crippen molar-refractivity contribution in [2.45, 2.75) is 13.3 Å². The van der Waals surface area contributed by atoms with Gasteiger partial charge in [-0.3, -0.25) is 0 Å². The largest absolute Gasteiger partial charge is 0.302 e. The summed E-state index contributed by atoms with van der Waals surface area (Å²) in [6.07, 6.45) is 1.18. The van der Waals surface area contributed by atoms with Gasteiger partial charge in [0.1, 0.15) is 0 Å². The topological polar surface area (TPSA) is 3.24 Å². The second kappa shape index (κ2) is 6.09. The Kier molecular flexibility index (Phi) is 5.06. The molecule has 82 valence electrons. The molecule has 0 atom stereocenters. The Morgan fingerprint density at radius 3 is 2.67 bits per heavy atom. The minimum absolute atomic E-state index is 0.927. The molecule has 0 amide bonds. The highest BCUT2D eigenvalue weighted by Gasteiger charge is 2.05. The lowest BCUT2D eigenvalue weighted by atomic mass is 10.1. The fourth-order valence-corrected chi connectivity index (χ4v) is 2.18. The van der Waals surface area contributed by atoms with E-state index in [9.17, 15) is 0 Å². The Labute approximate surface area is 101 Å². The summed E-state index contributed by atoms with van der Waals surface area (Å²) in [5.74, 6) is 0. The molecule has 2 heteroatoms. The van der Waals surface area contributed by atoms with Crippen LogP contribution in [0.2, 0.25) is 0 Å². The summed E-state index contributed by atoms with van der Waals surface area (Å²) in [6.45, 7) is 8.37. The van der Waals surface area contributed by atoms with E-state index in [1.807, 2.05) is 12.1 Å². The molecule has 1 aromatic carbocycles. The zero-order chi connectivity index (χ0) is 11.3. The molecule has 0 N–H and O–H groups in total. The zero-order valence-corrected chi connectivity index (χ0v) is 11.0. The third-order valence-corrected chi connectivity index (χ3v) is 3.01. The fourth-order valence-electron chi connectivity index (χ4n) is 1.62. The molecule has 1 nitrogen and oxygen atoms in total. The van der Waals surface area contributed by atoms with E-state index in [0.29, 0.717) is 0 Å². The van der Waals surface area contributed by atoms with Crippen molar-refractivity contribution < 1.29 is 0 Å². The number of likely N-dealkylation sites (N-methyl/N-ethyl adjacent to an activating group) is 1. The lowest BCUT2D eigenvalue weighted by Gasteiger charge is -2.17. The summed E-state index contributed by atoms with van der Waals surface area (Å²) < 4.78 is 1.12. The van der Waals surface area contributed by atoms with Gasteiger partial charge in [-0.25, -0.2) is 0 Å². The van der Waals surface area contributed by atoms with Crippen LogP contribution in [0.25, 0.3) is 5.57 Å². The molecule has 0 aliphatic carbocycles. The highest BCUT2D eigenvalue weighted by molar-refractivity contribution is 9.10. The summed E-state index contributed by atoms with van der Waals surface area (Å²) in [5.41, 5.74) is 2.37. The van der Waals surface area contributed by atoms with Crippen LogP contribution in [0.4, 0.5) is 0 Å². The van der Waals surface area contributed by atoms with Gasteiger partial charge in [-0.1, -0.05) is 47.6 Å². The molecular weight excluding hydrogens is 250 g/mol. The monoisotopic (exact) mass is 267 g/mol. The van der Waals surface area contributed by atoms with E-state index in [1.54, 1.807) is 0 Å². The van der Waals surface area contributed by atoms with Gasteiger partial charge in [0.2, 0.25) is 0 Å². The van der Waals surface area contributed by atoms with Gasteiger partial charge in [-0.15, -0.1) is 0 Å². The Hall–Kier alpha value is -0.600. The number of benzene rings is 1. The summed E-state index contributed by atoms with van der Waals surface area (Å²) in [4.78, 5) is 2.29. The van der Waals surface area contributed by atoms with Gasteiger partial charge >= 0.3 is 0 Å². The second-order valence-corrected chi connectivity index (χ2v) is 4.68. The van der Waals surface area contributed by atoms with E-state index in [1.165, 1.54) is 17.6 Å². The van der Waals surface area contributed by atoms with Crippen LogP contribution in [-0.2, 0) is 0 Å². The van der Waals surface area contributed by atoms with E-state index in [-0.39, 0.29) is 0 Å². The molecule has 0 spiro atoms. The maximum absolute atomic E-state index is 4.14. The first-order chi connectivity index (χ1) is 7.15. The zero-order valence-electron chi connectivity index (χ0n) is 9.46. The third-order valence-electron chi connectivity index (χ3n) is 2.32. The first kappa shape index (κ1) is 12.5. The van der Waals surface area contributed by atoms with E-state index < -0.39 is 0 Å². The van der Waals surface area contributed by atoms with Gasteiger partial charge in [-0.2, -0.15) is 0 Å². The number of nitrogens with zero attached hydrogens (tertiary/aromatic N) is 1. The highest BCUT2D eigenvalue weighted by Crippen LogP contribution is 2.23. The molecule has 15 heavy (non-hydrogen) atoms. The maximum atomic E-state index is 4.14. The van der Waals surface area contributed by atoms with Crippen molar-refractivity contribution in [3.63, 3.8) is 0 Å². The second-order valence-electron chi connectivity index (χ2n) is 3.82. The average molecular weight is 268 g/mol. The molecule has 0 bridgehead atoms. The molecule has 0 saturated carbocycles. The standard InChI is InChI=1S/C13H18BrN/c1-4-9-15(3)10-11(2)12-7-5-6-8-13(12)14/h5-8H,2,4,9-10H2,1,3H3. The normalized spacial score (nSPS) is 10.7. The van der Waals surface area contributed by atoms with Crippen LogP contribution >= 0.6 is 15.9 Å². The minimum Gasteiger partial charge on any atom is -0.302 e. The van der Waals surface area contributed by atoms with Crippen molar-refractivity contribution >= 4 is 21.5 Å². The van der Waals surface area contributed by atoms with E-state index in [2.05, 4.69) is 53.5 Å². The SMILES string of the molecule is C=C(CN(C)CCC)c1ccccc1Br. The van der Waals surface area contributed by atoms with E-state index >= 15 is 0 Å². The van der Waals surface area contributed by atoms with Gasteiger partial charge in [0.05, 0.1) is 0 Å². The quantitative estimate of drug-likeness (QED) is 0.785. The lowest BCUT2D eigenvalue weighted by Crippen LogP contribution is -2.21. The van der Waals surface area contributed by atoms with Gasteiger partial charge in [0.25, 0.3) is 0 Å². The first-order valence-electron chi connectivity index (χ1n) is 5.26. The first-order valence-corrected chi connectivity index (χ1v) is 6.05. The van der Waals surface area contributed by atoms with Gasteiger partial charge in [-0.05, 0) is 37.2 Å². The van der Waals surface area contributed by atoms with Crippen molar-refractivity contribution in [3.05, 3.63) is 40.9 Å². The van der Waals surface area contributed by atoms with Crippen LogP contribution in [0.15, 0.2) is 35.3 Å². The average Bonchev–Trinajstić information content (AvgIpc) is 2.18. The van der Waals surface area contributed by atoms with Crippen molar-refractivity contribution in [2.24, 2.45) is 0 Å². The molecule has 0 aliphatic rings. The molecule has 1 aromatic rings. The smallest absolute Gasteiger partial charge is 0.0250 e. The molecule has 0 heterocycles. The predicted octanol–water partition coefficient (Wildman–Crippen LogP) is 3.80. The molecule has 0 fully saturated rings. The van der Waals surface area contributed by atoms with Crippen LogP contribution in [0.3, 0.4) is 0 Å². The van der Waals surface area contributed by atoms with Crippen LogP contribution in [0.1, 0.15) is 18.9 Å². The molecular formula is C13H18BrN. The highest BCUT2D eigenvalue weighted by atomic mass is 79.9. The number of halogens is 1. The summed E-state index contributed by atoms with van der Waals surface area (Å²) in [5, 5.41) is 0. The maximum Gasteiger partial charge on any atom is 0.0250 e. The van der Waals surface area contributed by atoms with Crippen molar-refractivity contribution in [2.75, 3.05) is 20.1 Å². The number of rotatable bonds is 5. The molecule has 0 saturated heterocycles. The van der Waals surface area contributed by atoms with Crippen molar-refractivity contribution in [1.29, 1.82) is 0 Å². The Balaban J connectivity index is 2.65. The molecule has 0 unspecified atom stereocenters. The van der Waals surface area contributed by atoms with E-state index in [4.69, 9.17) is 0 Å². The number of hydrogen-bond acceptors (Lipinski definition) is 1. The number of hydrogen-bond donors (Lipinski definition) is 0. The van der Waals surface area contributed by atoms with Crippen LogP contribution in [-0.4, -0.2) is 25.0 Å². The van der Waals surface area contributed by atoms with Gasteiger partial charge in [0, 0.05) is 11.0 Å². The van der Waals surface area contributed by atoms with Gasteiger partial charge < -0.3 is 4.90 Å². The summed E-state index contributed by atoms with van der Waals surface area (Å²) in [6, 6.07) is 8.23. The molecule has 0 aromatic heterocycles. The van der Waals surface area contributed by atoms with Gasteiger partial charge in [0.15, 0.2) is 0 Å². The molecule has 0 aliphatic heterocycles. The fraction of sp³-hybridized carbons (Fsp3) is 0.385. The predicted molar refractivity (Wildman–Crippen MR) is 71.0 cm³/mol.